The number of hydrogen-bond donors (Lipinski definition) is 2. The predicted octanol–water partition coefficient (Wildman–Crippen LogP) is 1.74. The van der Waals surface area contributed by atoms with Gasteiger partial charge in [-0.05, 0) is 51.7 Å². The summed E-state index contributed by atoms with van der Waals surface area (Å²) in [5.41, 5.74) is 0.0930. The van der Waals surface area contributed by atoms with Gasteiger partial charge in [-0.2, -0.15) is 0 Å². The number of hydrogen-bond acceptors (Lipinski definition) is 5. The molecule has 2 saturated heterocycles. The number of carboxylic acid groups (broad SMARTS) is 1. The molecule has 150 valence electrons. The third-order valence-corrected chi connectivity index (χ3v) is 6.00. The molecule has 1 aromatic rings. The molecule has 0 aromatic carbocycles. The van der Waals surface area contributed by atoms with Crippen molar-refractivity contribution in [2.45, 2.75) is 57.2 Å². The van der Waals surface area contributed by atoms with Crippen molar-refractivity contribution >= 4 is 17.7 Å². The van der Waals surface area contributed by atoms with Crippen LogP contribution in [0.15, 0.2) is 18.3 Å². The number of carboxylic acids is 1. The molecule has 0 unspecified atom stereocenters. The number of carbonyl (C=O) groups excluding carboxylic acids is 1. The second-order valence-electron chi connectivity index (χ2n) is 8.02. The fourth-order valence-electron chi connectivity index (χ4n) is 4.08. The molecule has 0 aliphatic carbocycles. The van der Waals surface area contributed by atoms with E-state index in [9.17, 15) is 9.59 Å². The lowest BCUT2D eigenvalue weighted by atomic mass is 9.89. The van der Waals surface area contributed by atoms with Gasteiger partial charge >= 0.3 is 5.97 Å². The van der Waals surface area contributed by atoms with Gasteiger partial charge in [-0.3, -0.25) is 4.79 Å². The molecule has 0 saturated carbocycles. The minimum absolute atomic E-state index is 0.0624. The second-order valence-corrected chi connectivity index (χ2v) is 8.02. The minimum Gasteiger partial charge on any atom is -0.478 e. The third kappa shape index (κ3) is 4.28. The number of anilines is 1. The lowest BCUT2D eigenvalue weighted by Crippen LogP contribution is -2.55. The number of amides is 1. The molecule has 0 bridgehead atoms. The lowest BCUT2D eigenvalue weighted by molar-refractivity contribution is -0.132. The van der Waals surface area contributed by atoms with Crippen LogP contribution in [0.4, 0.5) is 5.82 Å². The molecule has 2 atom stereocenters. The largest absolute Gasteiger partial charge is 0.478 e. The lowest BCUT2D eigenvalue weighted by Gasteiger charge is -2.41. The summed E-state index contributed by atoms with van der Waals surface area (Å²) in [5, 5.41) is 12.6. The van der Waals surface area contributed by atoms with E-state index < -0.39 is 5.97 Å². The summed E-state index contributed by atoms with van der Waals surface area (Å²) in [6, 6.07) is 3.20. The maximum absolute atomic E-state index is 12.7. The van der Waals surface area contributed by atoms with Crippen LogP contribution in [-0.2, 0) is 4.79 Å². The highest BCUT2D eigenvalue weighted by Crippen LogP contribution is 2.26. The Morgan fingerprint density at radius 1 is 1.39 bits per heavy atom. The molecular formula is C21H28N4O3. The normalized spacial score (nSPS) is 24.0. The van der Waals surface area contributed by atoms with Gasteiger partial charge < -0.3 is 20.2 Å². The fraction of sp³-hybridized carbons (Fsp3) is 0.571. The number of piperidine rings is 1. The predicted molar refractivity (Wildman–Crippen MR) is 107 cm³/mol. The zero-order valence-corrected chi connectivity index (χ0v) is 16.5. The molecule has 0 radical (unpaired) electrons. The van der Waals surface area contributed by atoms with E-state index in [1.807, 2.05) is 11.8 Å². The Bertz CT molecular complexity index is 780. The van der Waals surface area contributed by atoms with Gasteiger partial charge in [-0.15, -0.1) is 6.42 Å². The topological polar surface area (TPSA) is 85.8 Å². The first-order valence-electron chi connectivity index (χ1n) is 9.79. The van der Waals surface area contributed by atoms with Crippen LogP contribution in [0, 0.1) is 12.3 Å². The van der Waals surface area contributed by atoms with Crippen LogP contribution in [0.25, 0.3) is 0 Å². The van der Waals surface area contributed by atoms with Crippen LogP contribution >= 0.6 is 0 Å². The zero-order chi connectivity index (χ0) is 20.3. The summed E-state index contributed by atoms with van der Waals surface area (Å²) in [4.78, 5) is 32.1. The number of aromatic carboxylic acids is 1. The number of carbonyl (C=O) groups is 2. The Kier molecular flexibility index (Phi) is 5.90. The first-order chi connectivity index (χ1) is 13.3. The number of aromatic nitrogens is 1. The van der Waals surface area contributed by atoms with Crippen LogP contribution < -0.4 is 10.2 Å². The third-order valence-electron chi connectivity index (χ3n) is 6.00. The molecule has 0 spiro atoms. The van der Waals surface area contributed by atoms with E-state index in [2.05, 4.69) is 28.0 Å². The summed E-state index contributed by atoms with van der Waals surface area (Å²) < 4.78 is 0. The fourth-order valence-corrected chi connectivity index (χ4v) is 4.08. The molecule has 2 N–H and O–H groups in total. The average Bonchev–Trinajstić information content (AvgIpc) is 3.07. The van der Waals surface area contributed by atoms with Gasteiger partial charge in [0.15, 0.2) is 0 Å². The molecule has 7 nitrogen and oxygen atoms in total. The maximum atomic E-state index is 12.7. The number of nitrogens with one attached hydrogen (secondary N) is 1. The van der Waals surface area contributed by atoms with Crippen LogP contribution in [-0.4, -0.2) is 64.1 Å². The van der Waals surface area contributed by atoms with Crippen LogP contribution in [0.1, 0.15) is 49.9 Å². The van der Waals surface area contributed by atoms with Crippen LogP contribution in [0.2, 0.25) is 0 Å². The number of likely N-dealkylation sites (tertiary alicyclic amines) is 1. The van der Waals surface area contributed by atoms with Gasteiger partial charge in [0, 0.05) is 30.9 Å². The highest BCUT2D eigenvalue weighted by atomic mass is 16.4. The molecule has 28 heavy (non-hydrogen) atoms. The van der Waals surface area contributed by atoms with Gasteiger partial charge in [0.2, 0.25) is 5.91 Å². The summed E-state index contributed by atoms with van der Waals surface area (Å²) >= 11 is 0. The summed E-state index contributed by atoms with van der Waals surface area (Å²) in [6.45, 7) is 5.96. The van der Waals surface area contributed by atoms with Crippen molar-refractivity contribution in [3.63, 3.8) is 0 Å². The Morgan fingerprint density at radius 3 is 2.75 bits per heavy atom. The van der Waals surface area contributed by atoms with Crippen molar-refractivity contribution in [1.82, 2.24) is 15.2 Å². The number of rotatable bonds is 5. The molecule has 2 fully saturated rings. The van der Waals surface area contributed by atoms with Gasteiger partial charge in [-0.1, -0.05) is 5.92 Å². The van der Waals surface area contributed by atoms with Gasteiger partial charge in [0.1, 0.15) is 5.82 Å². The summed E-state index contributed by atoms with van der Waals surface area (Å²) in [7, 11) is 0. The van der Waals surface area contributed by atoms with E-state index in [-0.39, 0.29) is 35.6 Å². The molecule has 1 aromatic heterocycles. The Morgan fingerprint density at radius 2 is 2.11 bits per heavy atom. The first kappa shape index (κ1) is 20.2. The smallest absolute Gasteiger partial charge is 0.335 e. The molecule has 3 rings (SSSR count). The monoisotopic (exact) mass is 384 g/mol. The molecule has 2 aliphatic heterocycles. The Hall–Kier alpha value is -2.59. The summed E-state index contributed by atoms with van der Waals surface area (Å²) in [6.07, 6.45) is 10.6. The van der Waals surface area contributed by atoms with Crippen molar-refractivity contribution in [2.24, 2.45) is 0 Å². The van der Waals surface area contributed by atoms with E-state index in [4.69, 9.17) is 11.5 Å². The molecular weight excluding hydrogens is 356 g/mol. The quantitative estimate of drug-likeness (QED) is 0.752. The van der Waals surface area contributed by atoms with E-state index in [1.165, 1.54) is 12.3 Å². The second kappa shape index (κ2) is 8.19. The van der Waals surface area contributed by atoms with Gasteiger partial charge in [-0.25, -0.2) is 9.78 Å². The van der Waals surface area contributed by atoms with E-state index in [0.717, 1.165) is 38.8 Å². The average molecular weight is 384 g/mol. The molecule has 3 heterocycles. The van der Waals surface area contributed by atoms with E-state index in [1.54, 1.807) is 6.07 Å². The minimum atomic E-state index is -0.952. The summed E-state index contributed by atoms with van der Waals surface area (Å²) in [5.74, 6) is 2.52. The molecule has 7 heteroatoms. The SMILES string of the molecule is C#C[C@H]1CC[C@@H](C)N1C(=O)CNC1(C)CCN(c2cc(C(=O)O)ccn2)CC1. The highest BCUT2D eigenvalue weighted by molar-refractivity contribution is 5.88. The molecule has 2 aliphatic rings. The molecule has 1 amide bonds. The van der Waals surface area contributed by atoms with Gasteiger partial charge in [0.25, 0.3) is 0 Å². The Labute approximate surface area is 166 Å². The van der Waals surface area contributed by atoms with E-state index >= 15 is 0 Å². The number of pyridine rings is 1. The highest BCUT2D eigenvalue weighted by Gasteiger charge is 2.35. The van der Waals surface area contributed by atoms with Crippen LogP contribution in [0.5, 0.6) is 0 Å². The van der Waals surface area contributed by atoms with E-state index in [0.29, 0.717) is 5.82 Å². The number of nitrogens with zero attached hydrogens (tertiary/aromatic N) is 3. The van der Waals surface area contributed by atoms with Crippen molar-refractivity contribution in [3.05, 3.63) is 23.9 Å². The Balaban J connectivity index is 1.55. The standard InChI is InChI=1S/C21H28N4O3/c1-4-17-6-5-15(2)25(17)19(26)14-23-21(3)8-11-24(12-9-21)18-13-16(20(27)28)7-10-22-18/h1,7,10,13,15,17,23H,5-6,8-9,11-12,14H2,2-3H3,(H,27,28)/t15-,17+/m1/s1. The van der Waals surface area contributed by atoms with Gasteiger partial charge in [0.05, 0.1) is 18.2 Å². The first-order valence-corrected chi connectivity index (χ1v) is 9.79. The maximum Gasteiger partial charge on any atom is 0.335 e. The van der Waals surface area contributed by atoms with Crippen molar-refractivity contribution in [2.75, 3.05) is 24.5 Å². The number of terminal acetylenes is 1. The zero-order valence-electron chi connectivity index (χ0n) is 16.5. The van der Waals surface area contributed by atoms with Crippen LogP contribution in [0.3, 0.4) is 0 Å². The van der Waals surface area contributed by atoms with Crippen molar-refractivity contribution in [1.29, 1.82) is 0 Å². The van der Waals surface area contributed by atoms with Crippen molar-refractivity contribution in [3.8, 4) is 12.3 Å². The van der Waals surface area contributed by atoms with Crippen molar-refractivity contribution < 1.29 is 14.7 Å².